The van der Waals surface area contributed by atoms with Crippen LogP contribution in [-0.2, 0) is 15.1 Å². The second kappa shape index (κ2) is 7.39. The van der Waals surface area contributed by atoms with Gasteiger partial charge in [-0.1, -0.05) is 58.0 Å². The summed E-state index contributed by atoms with van der Waals surface area (Å²) in [4.78, 5) is 27.1. The number of benzene rings is 1. The number of carbonyl (C=O) groups excluding carboxylic acids is 2. The van der Waals surface area contributed by atoms with Crippen molar-refractivity contribution in [3.8, 4) is 0 Å². The van der Waals surface area contributed by atoms with Crippen LogP contribution in [0, 0.1) is 11.8 Å². The fraction of sp³-hybridized carbons (Fsp3) is 0.619. The molecular weight excluding hydrogens is 330 g/mol. The van der Waals surface area contributed by atoms with E-state index in [1.165, 1.54) is 4.90 Å². The minimum absolute atomic E-state index is 0.102. The molecule has 1 fully saturated rings. The van der Waals surface area contributed by atoms with Crippen LogP contribution < -0.4 is 0 Å². The minimum atomic E-state index is -1.34. The van der Waals surface area contributed by atoms with Crippen molar-refractivity contribution in [3.05, 3.63) is 35.9 Å². The van der Waals surface area contributed by atoms with E-state index in [1.54, 1.807) is 6.92 Å². The first-order chi connectivity index (χ1) is 12.0. The lowest BCUT2D eigenvalue weighted by Gasteiger charge is -2.45. The summed E-state index contributed by atoms with van der Waals surface area (Å²) in [5.41, 5.74) is -1.27. The number of ether oxygens (including phenoxy) is 1. The SMILES string of the molecule is CC[C@](O)(c1ccccc1)[C@@H](C)C(=O)N1C(=O)OC(C)(C)C[C@@H]1C(C)C. The first-order valence-electron chi connectivity index (χ1n) is 9.37. The summed E-state index contributed by atoms with van der Waals surface area (Å²) >= 11 is 0. The summed E-state index contributed by atoms with van der Waals surface area (Å²) < 4.78 is 5.47. The van der Waals surface area contributed by atoms with Crippen LogP contribution in [0.1, 0.15) is 59.9 Å². The molecule has 0 radical (unpaired) electrons. The number of nitrogens with zero attached hydrogens (tertiary/aromatic N) is 1. The highest BCUT2D eigenvalue weighted by Crippen LogP contribution is 2.38. The molecule has 0 unspecified atom stereocenters. The second-order valence-electron chi connectivity index (χ2n) is 8.22. The Morgan fingerprint density at radius 2 is 1.88 bits per heavy atom. The number of aliphatic hydroxyl groups is 1. The normalized spacial score (nSPS) is 23.3. The zero-order valence-electron chi connectivity index (χ0n) is 16.7. The third-order valence-corrected chi connectivity index (χ3v) is 5.50. The van der Waals surface area contributed by atoms with Gasteiger partial charge in [-0.2, -0.15) is 0 Å². The quantitative estimate of drug-likeness (QED) is 0.858. The molecule has 1 aliphatic heterocycles. The van der Waals surface area contributed by atoms with Gasteiger partial charge < -0.3 is 9.84 Å². The average molecular weight is 361 g/mol. The monoisotopic (exact) mass is 361 g/mol. The van der Waals surface area contributed by atoms with Gasteiger partial charge in [-0.3, -0.25) is 4.79 Å². The van der Waals surface area contributed by atoms with E-state index < -0.39 is 29.1 Å². The molecule has 26 heavy (non-hydrogen) atoms. The summed E-state index contributed by atoms with van der Waals surface area (Å²) in [7, 11) is 0. The Morgan fingerprint density at radius 1 is 1.31 bits per heavy atom. The summed E-state index contributed by atoms with van der Waals surface area (Å²) in [5, 5.41) is 11.3. The Labute approximate surface area is 156 Å². The Balaban J connectivity index is 2.37. The van der Waals surface area contributed by atoms with Gasteiger partial charge in [0.25, 0.3) is 0 Å². The largest absolute Gasteiger partial charge is 0.443 e. The van der Waals surface area contributed by atoms with Crippen molar-refractivity contribution >= 4 is 12.0 Å². The highest BCUT2D eigenvalue weighted by Gasteiger charge is 2.49. The fourth-order valence-corrected chi connectivity index (χ4v) is 3.74. The Morgan fingerprint density at radius 3 is 2.38 bits per heavy atom. The van der Waals surface area contributed by atoms with Gasteiger partial charge in [-0.25, -0.2) is 9.69 Å². The highest BCUT2D eigenvalue weighted by atomic mass is 16.6. The summed E-state index contributed by atoms with van der Waals surface area (Å²) in [5.74, 6) is -1.06. The standard InChI is InChI=1S/C21H31NO4/c1-7-21(25,16-11-9-8-10-12-16)15(4)18(23)22-17(14(2)3)13-20(5,6)26-19(22)24/h8-12,14-15,17,25H,7,13H2,1-6H3/t15-,17+,21+/m0/s1. The molecule has 5 heteroatoms. The molecule has 2 rings (SSSR count). The first kappa shape index (κ1) is 20.4. The maximum absolute atomic E-state index is 13.3. The Kier molecular flexibility index (Phi) is 5.81. The predicted octanol–water partition coefficient (Wildman–Crippen LogP) is 4.09. The molecule has 5 nitrogen and oxygen atoms in total. The van der Waals surface area contributed by atoms with Gasteiger partial charge in [0, 0.05) is 12.5 Å². The zero-order valence-corrected chi connectivity index (χ0v) is 16.7. The number of hydrogen-bond acceptors (Lipinski definition) is 4. The molecule has 1 N–H and O–H groups in total. The van der Waals surface area contributed by atoms with Crippen LogP contribution in [0.2, 0.25) is 0 Å². The topological polar surface area (TPSA) is 66.8 Å². The molecule has 2 amide bonds. The molecule has 1 saturated heterocycles. The van der Waals surface area contributed by atoms with Crippen LogP contribution in [0.15, 0.2) is 30.3 Å². The number of amides is 2. The molecule has 1 heterocycles. The van der Waals surface area contributed by atoms with Gasteiger partial charge >= 0.3 is 6.09 Å². The lowest BCUT2D eigenvalue weighted by molar-refractivity contribution is -0.153. The van der Waals surface area contributed by atoms with Gasteiger partial charge in [-0.05, 0) is 31.7 Å². The molecule has 0 saturated carbocycles. The van der Waals surface area contributed by atoms with E-state index in [0.29, 0.717) is 18.4 Å². The van der Waals surface area contributed by atoms with E-state index in [2.05, 4.69) is 0 Å². The van der Waals surface area contributed by atoms with Gasteiger partial charge in [0.2, 0.25) is 5.91 Å². The van der Waals surface area contributed by atoms with Crippen LogP contribution in [0.4, 0.5) is 4.79 Å². The molecule has 0 bridgehead atoms. The highest BCUT2D eigenvalue weighted by molar-refractivity contribution is 5.94. The number of cyclic esters (lactones) is 1. The lowest BCUT2D eigenvalue weighted by atomic mass is 9.78. The third kappa shape index (κ3) is 3.78. The number of carbonyl (C=O) groups is 2. The number of imide groups is 1. The van der Waals surface area contributed by atoms with Crippen molar-refractivity contribution < 1.29 is 19.4 Å². The van der Waals surface area contributed by atoms with Gasteiger partial charge in [-0.15, -0.1) is 0 Å². The molecular formula is C21H31NO4. The molecule has 0 aromatic heterocycles. The van der Waals surface area contributed by atoms with E-state index in [-0.39, 0.29) is 12.0 Å². The summed E-state index contributed by atoms with van der Waals surface area (Å²) in [6, 6.07) is 8.91. The maximum atomic E-state index is 13.3. The molecule has 1 aromatic carbocycles. The van der Waals surface area contributed by atoms with E-state index >= 15 is 0 Å². The molecule has 0 aliphatic carbocycles. The van der Waals surface area contributed by atoms with Gasteiger partial charge in [0.15, 0.2) is 0 Å². The Bertz CT molecular complexity index is 655. The molecule has 0 spiro atoms. The molecule has 1 aromatic rings. The Hall–Kier alpha value is -1.88. The van der Waals surface area contributed by atoms with Crippen molar-refractivity contribution in [3.63, 3.8) is 0 Å². The van der Waals surface area contributed by atoms with Crippen LogP contribution in [0.3, 0.4) is 0 Å². The maximum Gasteiger partial charge on any atom is 0.417 e. The smallest absolute Gasteiger partial charge is 0.417 e. The van der Waals surface area contributed by atoms with Crippen LogP contribution in [-0.4, -0.2) is 33.6 Å². The van der Waals surface area contributed by atoms with Gasteiger partial charge in [0.05, 0.1) is 5.92 Å². The van der Waals surface area contributed by atoms with Crippen LogP contribution >= 0.6 is 0 Å². The van der Waals surface area contributed by atoms with E-state index in [4.69, 9.17) is 4.74 Å². The second-order valence-corrected chi connectivity index (χ2v) is 8.22. The van der Waals surface area contributed by atoms with E-state index in [9.17, 15) is 14.7 Å². The van der Waals surface area contributed by atoms with Crippen LogP contribution in [0.5, 0.6) is 0 Å². The fourth-order valence-electron chi connectivity index (χ4n) is 3.74. The van der Waals surface area contributed by atoms with Crippen molar-refractivity contribution in [1.82, 2.24) is 4.90 Å². The lowest BCUT2D eigenvalue weighted by Crippen LogP contribution is -2.59. The van der Waals surface area contributed by atoms with E-state index in [1.807, 2.05) is 65.0 Å². The number of hydrogen-bond donors (Lipinski definition) is 1. The molecule has 144 valence electrons. The predicted molar refractivity (Wildman–Crippen MR) is 100 cm³/mol. The zero-order chi connectivity index (χ0) is 19.7. The number of rotatable bonds is 5. The van der Waals surface area contributed by atoms with Crippen molar-refractivity contribution in [2.45, 2.75) is 71.6 Å². The molecule has 1 aliphatic rings. The summed E-state index contributed by atoms with van der Waals surface area (Å²) in [6.45, 7) is 11.2. The summed E-state index contributed by atoms with van der Waals surface area (Å²) in [6.07, 6.45) is 0.318. The van der Waals surface area contributed by atoms with Crippen molar-refractivity contribution in [2.24, 2.45) is 11.8 Å². The van der Waals surface area contributed by atoms with Crippen molar-refractivity contribution in [1.29, 1.82) is 0 Å². The first-order valence-corrected chi connectivity index (χ1v) is 9.37. The van der Waals surface area contributed by atoms with Gasteiger partial charge in [0.1, 0.15) is 11.2 Å². The third-order valence-electron chi connectivity index (χ3n) is 5.50. The van der Waals surface area contributed by atoms with Crippen LogP contribution in [0.25, 0.3) is 0 Å². The molecule has 3 atom stereocenters. The average Bonchev–Trinajstić information content (AvgIpc) is 2.59. The van der Waals surface area contributed by atoms with E-state index in [0.717, 1.165) is 0 Å². The minimum Gasteiger partial charge on any atom is -0.443 e. The van der Waals surface area contributed by atoms with Crippen molar-refractivity contribution in [2.75, 3.05) is 0 Å².